The van der Waals surface area contributed by atoms with Gasteiger partial charge in [0.2, 0.25) is 10.0 Å². The van der Waals surface area contributed by atoms with Gasteiger partial charge in [-0.1, -0.05) is 12.1 Å². The van der Waals surface area contributed by atoms with Crippen LogP contribution in [0.1, 0.15) is 11.1 Å². The molecule has 2 aromatic rings. The highest BCUT2D eigenvalue weighted by Crippen LogP contribution is 2.29. The summed E-state index contributed by atoms with van der Waals surface area (Å²) in [4.78, 5) is 10.1. The van der Waals surface area contributed by atoms with E-state index in [1.165, 1.54) is 26.4 Å². The Morgan fingerprint density at radius 2 is 1.72 bits per heavy atom. The Morgan fingerprint density at radius 1 is 1.12 bits per heavy atom. The molecule has 0 spiro atoms. The van der Waals surface area contributed by atoms with Gasteiger partial charge in [0.25, 0.3) is 5.69 Å². The summed E-state index contributed by atoms with van der Waals surface area (Å²) in [5.74, 6) is 0.940. The first-order chi connectivity index (χ1) is 11.8. The Hall–Kier alpha value is -2.65. The van der Waals surface area contributed by atoms with Gasteiger partial charge in [-0.05, 0) is 24.6 Å². The third kappa shape index (κ3) is 4.06. The molecule has 0 aliphatic carbocycles. The van der Waals surface area contributed by atoms with E-state index in [1.807, 2.05) is 0 Å². The Kier molecular flexibility index (Phi) is 5.60. The van der Waals surface area contributed by atoms with Crippen LogP contribution in [-0.2, 0) is 16.6 Å². The number of nitro benzene ring substituents is 1. The number of benzene rings is 2. The Morgan fingerprint density at radius 3 is 2.24 bits per heavy atom. The number of rotatable bonds is 7. The predicted octanol–water partition coefficient (Wildman–Crippen LogP) is 2.40. The summed E-state index contributed by atoms with van der Waals surface area (Å²) in [5.41, 5.74) is 0.644. The standard InChI is InChI=1S/C16H18N2O6S/c1-11-7-8-12(18(19)20)9-16(11)25(21,22)17-10-13-14(23-2)5-4-6-15(13)24-3/h4-9,17H,10H2,1-3H3. The van der Waals surface area contributed by atoms with Crippen molar-refractivity contribution in [3.8, 4) is 11.5 Å². The van der Waals surface area contributed by atoms with Crippen molar-refractivity contribution >= 4 is 15.7 Å². The summed E-state index contributed by atoms with van der Waals surface area (Å²) in [7, 11) is -1.02. The van der Waals surface area contributed by atoms with E-state index in [4.69, 9.17) is 9.47 Å². The SMILES string of the molecule is COc1cccc(OC)c1CNS(=O)(=O)c1cc([N+](=O)[O-])ccc1C. The summed E-state index contributed by atoms with van der Waals surface area (Å²) >= 11 is 0. The molecular formula is C16H18N2O6S. The van der Waals surface area contributed by atoms with Crippen molar-refractivity contribution in [2.24, 2.45) is 0 Å². The number of non-ortho nitro benzene ring substituents is 1. The van der Waals surface area contributed by atoms with E-state index in [2.05, 4.69) is 4.72 Å². The molecule has 9 heteroatoms. The molecule has 0 radical (unpaired) electrons. The topological polar surface area (TPSA) is 108 Å². The molecule has 2 rings (SSSR count). The molecule has 0 aromatic heterocycles. The molecule has 0 amide bonds. The van der Waals surface area contributed by atoms with Crippen LogP contribution in [0.3, 0.4) is 0 Å². The average Bonchev–Trinajstić information content (AvgIpc) is 2.59. The summed E-state index contributed by atoms with van der Waals surface area (Å²) < 4.78 is 38.1. The normalized spacial score (nSPS) is 11.2. The summed E-state index contributed by atoms with van der Waals surface area (Å²) in [6.07, 6.45) is 0. The third-order valence-electron chi connectivity index (χ3n) is 3.64. The number of hydrogen-bond donors (Lipinski definition) is 1. The molecule has 8 nitrogen and oxygen atoms in total. The van der Waals surface area contributed by atoms with Crippen molar-refractivity contribution in [2.75, 3.05) is 14.2 Å². The number of nitro groups is 1. The molecule has 0 atom stereocenters. The summed E-state index contributed by atoms with van der Waals surface area (Å²) in [6.45, 7) is 1.49. The summed E-state index contributed by atoms with van der Waals surface area (Å²) in [6, 6.07) is 8.79. The van der Waals surface area contributed by atoms with Crippen LogP contribution in [0.4, 0.5) is 5.69 Å². The fraction of sp³-hybridized carbons (Fsp3) is 0.250. The second kappa shape index (κ2) is 7.49. The van der Waals surface area contributed by atoms with Crippen molar-refractivity contribution < 1.29 is 22.8 Å². The van der Waals surface area contributed by atoms with E-state index in [9.17, 15) is 18.5 Å². The van der Waals surface area contributed by atoms with Crippen LogP contribution >= 0.6 is 0 Å². The number of nitrogens with one attached hydrogen (secondary N) is 1. The fourth-order valence-corrected chi connectivity index (χ4v) is 3.60. The van der Waals surface area contributed by atoms with Crippen LogP contribution < -0.4 is 14.2 Å². The Bertz CT molecular complexity index is 873. The highest BCUT2D eigenvalue weighted by atomic mass is 32.2. The maximum Gasteiger partial charge on any atom is 0.270 e. The minimum atomic E-state index is -3.96. The van der Waals surface area contributed by atoms with E-state index in [-0.39, 0.29) is 17.1 Å². The molecule has 134 valence electrons. The molecule has 0 aliphatic rings. The molecule has 0 saturated heterocycles. The first-order valence-corrected chi connectivity index (χ1v) is 8.73. The number of hydrogen-bond acceptors (Lipinski definition) is 6. The van der Waals surface area contributed by atoms with E-state index in [1.54, 1.807) is 25.1 Å². The summed E-state index contributed by atoms with van der Waals surface area (Å²) in [5, 5.41) is 10.9. The van der Waals surface area contributed by atoms with Gasteiger partial charge in [0.15, 0.2) is 0 Å². The maximum absolute atomic E-state index is 12.6. The molecule has 0 aliphatic heterocycles. The average molecular weight is 366 g/mol. The van der Waals surface area contributed by atoms with Gasteiger partial charge in [0.05, 0.1) is 29.6 Å². The lowest BCUT2D eigenvalue weighted by molar-refractivity contribution is -0.385. The monoisotopic (exact) mass is 366 g/mol. The van der Waals surface area contributed by atoms with Gasteiger partial charge in [-0.25, -0.2) is 13.1 Å². The lowest BCUT2D eigenvalue weighted by Crippen LogP contribution is -2.24. The smallest absolute Gasteiger partial charge is 0.270 e. The van der Waals surface area contributed by atoms with E-state index >= 15 is 0 Å². The number of methoxy groups -OCH3 is 2. The van der Waals surface area contributed by atoms with Crippen molar-refractivity contribution in [1.29, 1.82) is 0 Å². The lowest BCUT2D eigenvalue weighted by atomic mass is 10.2. The molecule has 0 bridgehead atoms. The second-order valence-corrected chi connectivity index (χ2v) is 6.91. The zero-order valence-corrected chi connectivity index (χ0v) is 14.8. The number of ether oxygens (including phenoxy) is 2. The van der Waals surface area contributed by atoms with E-state index in [0.717, 1.165) is 6.07 Å². The van der Waals surface area contributed by atoms with Crippen LogP contribution in [-0.4, -0.2) is 27.6 Å². The second-order valence-electron chi connectivity index (χ2n) is 5.17. The van der Waals surface area contributed by atoms with Crippen LogP contribution in [0.5, 0.6) is 11.5 Å². The molecule has 0 unspecified atom stereocenters. The zero-order chi connectivity index (χ0) is 18.6. The van der Waals surface area contributed by atoms with Crippen molar-refractivity contribution in [3.05, 3.63) is 57.6 Å². The minimum Gasteiger partial charge on any atom is -0.496 e. The van der Waals surface area contributed by atoms with Crippen LogP contribution in [0.15, 0.2) is 41.3 Å². The van der Waals surface area contributed by atoms with Gasteiger partial charge >= 0.3 is 0 Å². The van der Waals surface area contributed by atoms with E-state index < -0.39 is 14.9 Å². The molecule has 0 fully saturated rings. The van der Waals surface area contributed by atoms with Gasteiger partial charge in [-0.2, -0.15) is 0 Å². The first kappa shape index (κ1) is 18.7. The minimum absolute atomic E-state index is 0.0857. The predicted molar refractivity (Wildman–Crippen MR) is 91.4 cm³/mol. The molecule has 25 heavy (non-hydrogen) atoms. The van der Waals surface area contributed by atoms with Gasteiger partial charge in [-0.3, -0.25) is 10.1 Å². The quantitative estimate of drug-likeness (QED) is 0.595. The highest BCUT2D eigenvalue weighted by Gasteiger charge is 2.21. The lowest BCUT2D eigenvalue weighted by Gasteiger charge is -2.14. The van der Waals surface area contributed by atoms with Gasteiger partial charge in [-0.15, -0.1) is 0 Å². The molecule has 0 heterocycles. The van der Waals surface area contributed by atoms with Crippen molar-refractivity contribution in [2.45, 2.75) is 18.4 Å². The zero-order valence-electron chi connectivity index (χ0n) is 14.0. The maximum atomic E-state index is 12.6. The van der Waals surface area contributed by atoms with Crippen LogP contribution in [0.2, 0.25) is 0 Å². The third-order valence-corrected chi connectivity index (χ3v) is 5.18. The van der Waals surface area contributed by atoms with Crippen LogP contribution in [0, 0.1) is 17.0 Å². The number of sulfonamides is 1. The first-order valence-electron chi connectivity index (χ1n) is 7.24. The fourth-order valence-electron chi connectivity index (χ4n) is 2.34. The largest absolute Gasteiger partial charge is 0.496 e. The van der Waals surface area contributed by atoms with Crippen molar-refractivity contribution in [3.63, 3.8) is 0 Å². The van der Waals surface area contributed by atoms with E-state index in [0.29, 0.717) is 22.6 Å². The van der Waals surface area contributed by atoms with Gasteiger partial charge < -0.3 is 9.47 Å². The molecule has 1 N–H and O–H groups in total. The van der Waals surface area contributed by atoms with Crippen LogP contribution in [0.25, 0.3) is 0 Å². The molecular weight excluding hydrogens is 348 g/mol. The van der Waals surface area contributed by atoms with Gasteiger partial charge in [0, 0.05) is 18.7 Å². The van der Waals surface area contributed by atoms with Crippen molar-refractivity contribution in [1.82, 2.24) is 4.72 Å². The van der Waals surface area contributed by atoms with Gasteiger partial charge in [0.1, 0.15) is 11.5 Å². The Labute approximate surface area is 145 Å². The molecule has 2 aromatic carbocycles. The highest BCUT2D eigenvalue weighted by molar-refractivity contribution is 7.89. The number of nitrogens with zero attached hydrogens (tertiary/aromatic N) is 1. The molecule has 0 saturated carbocycles. The number of aryl methyl sites for hydroxylation is 1. The Balaban J connectivity index is 2.35.